The first-order valence-corrected chi connectivity index (χ1v) is 6.78. The van der Waals surface area contributed by atoms with Gasteiger partial charge in [0, 0.05) is 26.2 Å². The summed E-state index contributed by atoms with van der Waals surface area (Å²) < 4.78 is 6.39. The topological polar surface area (TPSA) is 110 Å². The maximum Gasteiger partial charge on any atom is 0.358 e. The molecular formula is C12H19N5O4. The van der Waals surface area contributed by atoms with E-state index in [0.29, 0.717) is 32.3 Å². The molecule has 9 nitrogen and oxygen atoms in total. The largest absolute Gasteiger partial charge is 0.476 e. The van der Waals surface area contributed by atoms with Gasteiger partial charge < -0.3 is 20.1 Å². The summed E-state index contributed by atoms with van der Waals surface area (Å²) in [5, 5.41) is 18.7. The molecule has 2 rings (SSSR count). The fourth-order valence-electron chi connectivity index (χ4n) is 1.91. The summed E-state index contributed by atoms with van der Waals surface area (Å²) in [7, 11) is 1.60. The van der Waals surface area contributed by atoms with Crippen LogP contribution in [0.25, 0.3) is 0 Å². The minimum Gasteiger partial charge on any atom is -0.476 e. The number of carbonyl (C=O) groups is 2. The number of rotatable bonds is 8. The molecule has 2 amide bonds. The lowest BCUT2D eigenvalue weighted by atomic mass is 10.5. The Balaban J connectivity index is 1.75. The molecule has 1 aromatic heterocycles. The highest BCUT2D eigenvalue weighted by molar-refractivity contribution is 5.84. The predicted molar refractivity (Wildman–Crippen MR) is 72.0 cm³/mol. The molecule has 9 heteroatoms. The van der Waals surface area contributed by atoms with Crippen LogP contribution >= 0.6 is 0 Å². The van der Waals surface area contributed by atoms with Crippen molar-refractivity contribution in [2.24, 2.45) is 0 Å². The van der Waals surface area contributed by atoms with Crippen molar-refractivity contribution in [2.45, 2.75) is 25.4 Å². The zero-order chi connectivity index (χ0) is 15.2. The Labute approximate surface area is 121 Å². The number of nitrogens with one attached hydrogen (secondary N) is 1. The molecule has 0 unspecified atom stereocenters. The molecule has 0 aromatic carbocycles. The third-order valence-corrected chi connectivity index (χ3v) is 3.16. The molecular weight excluding hydrogens is 278 g/mol. The number of aromatic nitrogens is 3. The Morgan fingerprint density at radius 2 is 2.33 bits per heavy atom. The van der Waals surface area contributed by atoms with Gasteiger partial charge in [0.2, 0.25) is 0 Å². The fraction of sp³-hybridized carbons (Fsp3) is 0.667. The van der Waals surface area contributed by atoms with Crippen LogP contribution in [-0.4, -0.2) is 69.8 Å². The first-order chi connectivity index (χ1) is 10.1. The normalized spacial score (nSPS) is 14.0. The minimum atomic E-state index is -1.12. The Kier molecular flexibility index (Phi) is 5.09. The molecule has 0 bridgehead atoms. The first-order valence-electron chi connectivity index (χ1n) is 6.78. The van der Waals surface area contributed by atoms with E-state index >= 15 is 0 Å². The molecule has 0 atom stereocenters. The van der Waals surface area contributed by atoms with E-state index in [1.165, 1.54) is 10.9 Å². The Hall–Kier alpha value is -2.16. The van der Waals surface area contributed by atoms with Crippen LogP contribution < -0.4 is 5.32 Å². The number of methoxy groups -OCH3 is 1. The maximum atomic E-state index is 12.1. The van der Waals surface area contributed by atoms with E-state index in [0.717, 1.165) is 12.8 Å². The molecule has 1 aliphatic rings. The fourth-order valence-corrected chi connectivity index (χ4v) is 1.91. The zero-order valence-corrected chi connectivity index (χ0v) is 11.9. The summed E-state index contributed by atoms with van der Waals surface area (Å²) in [6.45, 7) is 1.81. The quantitative estimate of drug-likeness (QED) is 0.687. The van der Waals surface area contributed by atoms with Crippen molar-refractivity contribution in [3.8, 4) is 0 Å². The number of nitrogens with zero attached hydrogens (tertiary/aromatic N) is 4. The molecule has 116 valence electrons. The number of urea groups is 1. The lowest BCUT2D eigenvalue weighted by Crippen LogP contribution is -2.44. The lowest BCUT2D eigenvalue weighted by molar-refractivity contribution is 0.0690. The Morgan fingerprint density at radius 1 is 1.57 bits per heavy atom. The highest BCUT2D eigenvalue weighted by atomic mass is 16.5. The molecule has 0 aliphatic heterocycles. The van der Waals surface area contributed by atoms with E-state index < -0.39 is 5.97 Å². The standard InChI is InChI=1S/C12H19N5O4/c1-21-7-6-17(9-2-3-9)12(20)13-4-5-16-8-10(11(18)19)14-15-16/h8-9H,2-7H2,1H3,(H,13,20)(H,18,19). The number of ether oxygens (including phenoxy) is 1. The van der Waals surface area contributed by atoms with E-state index in [1.54, 1.807) is 12.0 Å². The van der Waals surface area contributed by atoms with Crippen LogP contribution in [0.5, 0.6) is 0 Å². The predicted octanol–water partition coefficient (Wildman–Crippen LogP) is -0.203. The second-order valence-electron chi connectivity index (χ2n) is 4.82. The van der Waals surface area contributed by atoms with Gasteiger partial charge in [-0.3, -0.25) is 0 Å². The van der Waals surface area contributed by atoms with Crippen LogP contribution in [0.4, 0.5) is 4.79 Å². The molecule has 21 heavy (non-hydrogen) atoms. The Bertz CT molecular complexity index is 500. The average molecular weight is 297 g/mol. The van der Waals surface area contributed by atoms with Gasteiger partial charge in [-0.25, -0.2) is 14.3 Å². The number of carboxylic acid groups (broad SMARTS) is 1. The summed E-state index contributed by atoms with van der Waals surface area (Å²) in [6, 6.07) is 0.179. The van der Waals surface area contributed by atoms with Crippen LogP contribution in [0.3, 0.4) is 0 Å². The highest BCUT2D eigenvalue weighted by Crippen LogP contribution is 2.26. The van der Waals surface area contributed by atoms with Gasteiger partial charge in [0.15, 0.2) is 5.69 Å². The lowest BCUT2D eigenvalue weighted by Gasteiger charge is -2.22. The molecule has 1 saturated carbocycles. The van der Waals surface area contributed by atoms with Gasteiger partial charge in [-0.15, -0.1) is 5.10 Å². The molecule has 0 spiro atoms. The SMILES string of the molecule is COCCN(C(=O)NCCn1cc(C(=O)O)nn1)C1CC1. The van der Waals surface area contributed by atoms with E-state index in [2.05, 4.69) is 15.6 Å². The molecule has 0 radical (unpaired) electrons. The van der Waals surface area contributed by atoms with Crippen LogP contribution in [0, 0.1) is 0 Å². The van der Waals surface area contributed by atoms with Gasteiger partial charge in [0.25, 0.3) is 0 Å². The second-order valence-corrected chi connectivity index (χ2v) is 4.82. The zero-order valence-electron chi connectivity index (χ0n) is 11.9. The smallest absolute Gasteiger partial charge is 0.358 e. The van der Waals surface area contributed by atoms with Crippen LogP contribution in [-0.2, 0) is 11.3 Å². The molecule has 1 aromatic rings. The monoisotopic (exact) mass is 297 g/mol. The number of carbonyl (C=O) groups excluding carboxylic acids is 1. The van der Waals surface area contributed by atoms with Gasteiger partial charge >= 0.3 is 12.0 Å². The van der Waals surface area contributed by atoms with Crippen LogP contribution in [0.1, 0.15) is 23.3 Å². The molecule has 0 saturated heterocycles. The maximum absolute atomic E-state index is 12.1. The number of hydrogen-bond acceptors (Lipinski definition) is 5. The summed E-state index contributed by atoms with van der Waals surface area (Å²) in [5.74, 6) is -1.12. The van der Waals surface area contributed by atoms with Crippen molar-refractivity contribution in [1.82, 2.24) is 25.2 Å². The second kappa shape index (κ2) is 7.02. The van der Waals surface area contributed by atoms with Crippen molar-refractivity contribution in [3.63, 3.8) is 0 Å². The van der Waals surface area contributed by atoms with E-state index in [-0.39, 0.29) is 11.7 Å². The molecule has 1 heterocycles. The van der Waals surface area contributed by atoms with Gasteiger partial charge in [0.05, 0.1) is 19.3 Å². The van der Waals surface area contributed by atoms with Gasteiger partial charge in [-0.1, -0.05) is 5.21 Å². The van der Waals surface area contributed by atoms with Gasteiger partial charge in [0.1, 0.15) is 0 Å². The van der Waals surface area contributed by atoms with Crippen LogP contribution in [0.15, 0.2) is 6.20 Å². The number of amides is 2. The molecule has 1 aliphatic carbocycles. The third kappa shape index (κ3) is 4.42. The third-order valence-electron chi connectivity index (χ3n) is 3.16. The van der Waals surface area contributed by atoms with Crippen molar-refractivity contribution in [3.05, 3.63) is 11.9 Å². The van der Waals surface area contributed by atoms with Crippen molar-refractivity contribution >= 4 is 12.0 Å². The van der Waals surface area contributed by atoms with E-state index in [1.807, 2.05) is 0 Å². The number of aromatic carboxylic acids is 1. The van der Waals surface area contributed by atoms with Gasteiger partial charge in [-0.05, 0) is 12.8 Å². The summed E-state index contributed by atoms with van der Waals surface area (Å²) in [6.07, 6.45) is 3.39. The van der Waals surface area contributed by atoms with Crippen molar-refractivity contribution in [2.75, 3.05) is 26.8 Å². The number of hydrogen-bond donors (Lipinski definition) is 2. The Morgan fingerprint density at radius 3 is 2.90 bits per heavy atom. The summed E-state index contributed by atoms with van der Waals surface area (Å²) in [5.41, 5.74) is -0.110. The van der Waals surface area contributed by atoms with E-state index in [4.69, 9.17) is 9.84 Å². The van der Waals surface area contributed by atoms with Crippen LogP contribution in [0.2, 0.25) is 0 Å². The summed E-state index contributed by atoms with van der Waals surface area (Å²) in [4.78, 5) is 24.5. The van der Waals surface area contributed by atoms with E-state index in [9.17, 15) is 9.59 Å². The first kappa shape index (κ1) is 15.2. The summed E-state index contributed by atoms with van der Waals surface area (Å²) >= 11 is 0. The molecule has 2 N–H and O–H groups in total. The highest BCUT2D eigenvalue weighted by Gasteiger charge is 2.32. The average Bonchev–Trinajstić information content (AvgIpc) is 3.17. The van der Waals surface area contributed by atoms with Crippen molar-refractivity contribution in [1.29, 1.82) is 0 Å². The number of carboxylic acids is 1. The minimum absolute atomic E-state index is 0.110. The van der Waals surface area contributed by atoms with Gasteiger partial charge in [-0.2, -0.15) is 0 Å². The van der Waals surface area contributed by atoms with Crippen molar-refractivity contribution < 1.29 is 19.4 Å². The molecule has 1 fully saturated rings.